The van der Waals surface area contributed by atoms with Gasteiger partial charge >= 0.3 is 5.16 Å². The number of hydrogen-bond donors (Lipinski definition) is 1. The molecular weight excluding hydrogens is 388 g/mol. The second-order valence-corrected chi connectivity index (χ2v) is 8.42. The van der Waals surface area contributed by atoms with Crippen molar-refractivity contribution in [2.24, 2.45) is 21.1 Å². The van der Waals surface area contributed by atoms with Crippen LogP contribution in [-0.4, -0.2) is 16.9 Å². The first-order valence-electron chi connectivity index (χ1n) is 10.2. The molecule has 0 bridgehead atoms. The molecule has 0 radical (unpaired) electrons. The summed E-state index contributed by atoms with van der Waals surface area (Å²) in [6.45, 7) is 0.918. The van der Waals surface area contributed by atoms with E-state index in [0.29, 0.717) is 0 Å². The summed E-state index contributed by atoms with van der Waals surface area (Å²) in [5.74, 6) is 1.00. The number of thioether (sulfide) groups is 1. The summed E-state index contributed by atoms with van der Waals surface area (Å²) in [6, 6.07) is 23.3. The Bertz CT molecular complexity index is 1140. The van der Waals surface area contributed by atoms with Gasteiger partial charge in [-0.1, -0.05) is 24.3 Å². The first-order valence-corrected chi connectivity index (χ1v) is 11.1. The fraction of sp³-hybridized carbons (Fsp3) is 0.200. The van der Waals surface area contributed by atoms with E-state index in [4.69, 9.17) is 0 Å². The predicted octanol–water partition coefficient (Wildman–Crippen LogP) is 4.20. The molecule has 0 unspecified atom stereocenters. The SMILES string of the molecule is Cn1c(SCCNc2ccc(/C=C/c3cccc[n+]3C)cc2)[n+](C)c2ccccc21. The minimum atomic E-state index is 0.918. The van der Waals surface area contributed by atoms with Gasteiger partial charge in [0.2, 0.25) is 5.69 Å². The third kappa shape index (κ3) is 4.41. The van der Waals surface area contributed by atoms with Crippen LogP contribution >= 0.6 is 11.8 Å². The number of fused-ring (bicyclic) bond motifs is 1. The molecule has 4 aromatic rings. The Morgan fingerprint density at radius 2 is 1.70 bits per heavy atom. The molecular formula is C25H28N4S+2. The number of pyridine rings is 1. The maximum Gasteiger partial charge on any atom is 0.318 e. The zero-order chi connectivity index (χ0) is 20.9. The summed E-state index contributed by atoms with van der Waals surface area (Å²) in [6.07, 6.45) is 6.35. The number of rotatable bonds is 7. The van der Waals surface area contributed by atoms with Gasteiger partial charge < -0.3 is 5.32 Å². The summed E-state index contributed by atoms with van der Waals surface area (Å²) < 4.78 is 6.65. The van der Waals surface area contributed by atoms with Crippen LogP contribution in [0.4, 0.5) is 5.69 Å². The van der Waals surface area contributed by atoms with Gasteiger partial charge in [0.1, 0.15) is 7.05 Å². The Labute approximate surface area is 182 Å². The van der Waals surface area contributed by atoms with Crippen LogP contribution in [0, 0.1) is 0 Å². The lowest BCUT2D eigenvalue weighted by atomic mass is 10.1. The van der Waals surface area contributed by atoms with Gasteiger partial charge in [0, 0.05) is 36.2 Å². The molecule has 0 aliphatic heterocycles. The zero-order valence-electron chi connectivity index (χ0n) is 17.7. The standard InChI is InChI=1S/C25H27N4S/c1-27-18-7-6-8-22(27)16-13-20-11-14-21(15-12-20)26-17-19-30-25-28(2)23-9-4-5-10-24(23)29(25)3/h4-16,18H,17,19H2,1-3H3/q+1/p+1. The first-order chi connectivity index (χ1) is 14.6. The van der Waals surface area contributed by atoms with Crippen LogP contribution in [-0.2, 0) is 21.1 Å². The van der Waals surface area contributed by atoms with Crippen molar-refractivity contribution in [1.82, 2.24) is 4.57 Å². The van der Waals surface area contributed by atoms with Gasteiger partial charge in [0.25, 0.3) is 0 Å². The van der Waals surface area contributed by atoms with E-state index in [1.807, 2.05) is 17.8 Å². The number of hydrogen-bond acceptors (Lipinski definition) is 2. The summed E-state index contributed by atoms with van der Waals surface area (Å²) in [7, 11) is 6.34. The number of imidazole rings is 1. The molecule has 0 aliphatic rings. The highest BCUT2D eigenvalue weighted by molar-refractivity contribution is 7.99. The smallest absolute Gasteiger partial charge is 0.318 e. The summed E-state index contributed by atoms with van der Waals surface area (Å²) in [4.78, 5) is 0. The van der Waals surface area contributed by atoms with Gasteiger partial charge in [0.05, 0.1) is 14.1 Å². The molecule has 0 aliphatic carbocycles. The van der Waals surface area contributed by atoms with Gasteiger partial charge in [-0.25, -0.2) is 13.7 Å². The molecule has 2 aromatic heterocycles. The molecule has 2 aromatic carbocycles. The molecule has 0 saturated heterocycles. The van der Waals surface area contributed by atoms with E-state index in [-0.39, 0.29) is 0 Å². The molecule has 30 heavy (non-hydrogen) atoms. The van der Waals surface area contributed by atoms with E-state index in [2.05, 4.69) is 119 Å². The number of nitrogens with zero attached hydrogens (tertiary/aromatic N) is 3. The molecule has 2 heterocycles. The normalized spacial score (nSPS) is 11.4. The highest BCUT2D eigenvalue weighted by Crippen LogP contribution is 2.20. The Kier molecular flexibility index (Phi) is 6.19. The van der Waals surface area contributed by atoms with E-state index in [0.717, 1.165) is 18.0 Å². The Morgan fingerprint density at radius 3 is 2.47 bits per heavy atom. The van der Waals surface area contributed by atoms with Crippen molar-refractivity contribution in [3.05, 3.63) is 84.2 Å². The van der Waals surface area contributed by atoms with Crippen molar-refractivity contribution in [1.29, 1.82) is 0 Å². The zero-order valence-corrected chi connectivity index (χ0v) is 18.6. The minimum absolute atomic E-state index is 0.918. The fourth-order valence-corrected chi connectivity index (χ4v) is 4.57. The molecule has 0 spiro atoms. The number of anilines is 1. The number of nitrogens with one attached hydrogen (secondary N) is 1. The second kappa shape index (κ2) is 9.18. The average molecular weight is 417 g/mol. The first kappa shape index (κ1) is 20.2. The van der Waals surface area contributed by atoms with E-state index >= 15 is 0 Å². The van der Waals surface area contributed by atoms with Gasteiger partial charge in [-0.05, 0) is 53.7 Å². The lowest BCUT2D eigenvalue weighted by Gasteiger charge is -2.06. The van der Waals surface area contributed by atoms with Crippen molar-refractivity contribution in [2.45, 2.75) is 5.16 Å². The van der Waals surface area contributed by atoms with Crippen molar-refractivity contribution >= 4 is 40.6 Å². The van der Waals surface area contributed by atoms with E-state index in [9.17, 15) is 0 Å². The summed E-state index contributed by atoms with van der Waals surface area (Å²) in [5.41, 5.74) is 6.06. The number of para-hydroxylation sites is 2. The van der Waals surface area contributed by atoms with Crippen molar-refractivity contribution in [3.63, 3.8) is 0 Å². The van der Waals surface area contributed by atoms with Crippen LogP contribution < -0.4 is 14.5 Å². The highest BCUT2D eigenvalue weighted by Gasteiger charge is 2.19. The molecule has 0 saturated carbocycles. The summed E-state index contributed by atoms with van der Waals surface area (Å²) in [5, 5.41) is 4.80. The van der Waals surface area contributed by atoms with Crippen molar-refractivity contribution in [3.8, 4) is 0 Å². The van der Waals surface area contributed by atoms with Crippen LogP contribution in [0.5, 0.6) is 0 Å². The van der Waals surface area contributed by atoms with Crippen LogP contribution in [0.2, 0.25) is 0 Å². The summed E-state index contributed by atoms with van der Waals surface area (Å²) >= 11 is 1.88. The van der Waals surface area contributed by atoms with E-state index in [1.165, 1.54) is 27.4 Å². The molecule has 0 atom stereocenters. The number of benzene rings is 2. The average Bonchev–Trinajstić information content (AvgIpc) is 3.02. The topological polar surface area (TPSA) is 24.7 Å². The highest BCUT2D eigenvalue weighted by atomic mass is 32.2. The molecule has 5 heteroatoms. The van der Waals surface area contributed by atoms with Gasteiger partial charge in [-0.15, -0.1) is 0 Å². The van der Waals surface area contributed by atoms with Crippen LogP contribution in [0.15, 0.2) is 78.1 Å². The van der Waals surface area contributed by atoms with Crippen LogP contribution in [0.1, 0.15) is 11.3 Å². The number of aromatic nitrogens is 3. The molecule has 0 fully saturated rings. The molecule has 4 rings (SSSR count). The van der Waals surface area contributed by atoms with Crippen molar-refractivity contribution in [2.75, 3.05) is 17.6 Å². The second-order valence-electron chi connectivity index (χ2n) is 7.36. The quantitative estimate of drug-likeness (QED) is 0.277. The maximum atomic E-state index is 3.53. The monoisotopic (exact) mass is 416 g/mol. The molecule has 4 nitrogen and oxygen atoms in total. The van der Waals surface area contributed by atoms with Crippen LogP contribution in [0.3, 0.4) is 0 Å². The van der Waals surface area contributed by atoms with Crippen LogP contribution in [0.25, 0.3) is 23.2 Å². The van der Waals surface area contributed by atoms with Crippen molar-refractivity contribution < 1.29 is 9.13 Å². The lowest BCUT2D eigenvalue weighted by molar-refractivity contribution is -0.685. The Balaban J connectivity index is 1.31. The third-order valence-corrected chi connectivity index (χ3v) is 6.51. The van der Waals surface area contributed by atoms with E-state index in [1.54, 1.807) is 0 Å². The minimum Gasteiger partial charge on any atom is -0.384 e. The Morgan fingerprint density at radius 1 is 0.933 bits per heavy atom. The predicted molar refractivity (Wildman–Crippen MR) is 126 cm³/mol. The lowest BCUT2D eigenvalue weighted by Crippen LogP contribution is -2.30. The van der Waals surface area contributed by atoms with Gasteiger partial charge in [0.15, 0.2) is 17.2 Å². The Hall–Kier alpha value is -3.05. The van der Waals surface area contributed by atoms with E-state index < -0.39 is 0 Å². The maximum absolute atomic E-state index is 3.53. The molecule has 0 amide bonds. The number of aryl methyl sites for hydroxylation is 3. The molecule has 1 N–H and O–H groups in total. The fourth-order valence-electron chi connectivity index (χ4n) is 3.60. The third-order valence-electron chi connectivity index (χ3n) is 5.29. The molecule has 152 valence electrons. The largest absolute Gasteiger partial charge is 0.384 e. The van der Waals surface area contributed by atoms with Gasteiger partial charge in [-0.3, -0.25) is 0 Å². The van der Waals surface area contributed by atoms with Gasteiger partial charge in [-0.2, -0.15) is 0 Å².